The van der Waals surface area contributed by atoms with Gasteiger partial charge in [-0.2, -0.15) is 0 Å². The van der Waals surface area contributed by atoms with Crippen molar-refractivity contribution in [1.29, 1.82) is 0 Å². The van der Waals surface area contributed by atoms with Gasteiger partial charge in [0.15, 0.2) is 0 Å². The Morgan fingerprint density at radius 2 is 2.00 bits per heavy atom. The zero-order chi connectivity index (χ0) is 15.3. The van der Waals surface area contributed by atoms with Crippen LogP contribution in [0.4, 0.5) is 0 Å². The number of nitrogens with one attached hydrogen (secondary N) is 1. The first-order chi connectivity index (χ1) is 10.3. The highest BCUT2D eigenvalue weighted by atomic mass is 79.9. The minimum Gasteiger partial charge on any atom is -0.382 e. The van der Waals surface area contributed by atoms with Gasteiger partial charge in [-0.1, -0.05) is 41.1 Å². The second kappa shape index (κ2) is 12.2. The maximum atomic E-state index is 5.55. The lowest BCUT2D eigenvalue weighted by atomic mass is 9.95. The maximum absolute atomic E-state index is 5.55. The molecule has 0 fully saturated rings. The first kappa shape index (κ1) is 18.6. The van der Waals surface area contributed by atoms with Gasteiger partial charge >= 0.3 is 0 Å². The predicted octanol–water partition coefficient (Wildman–Crippen LogP) is 3.66. The van der Waals surface area contributed by atoms with Crippen LogP contribution >= 0.6 is 15.9 Å². The van der Waals surface area contributed by atoms with E-state index in [1.807, 2.05) is 0 Å². The van der Waals surface area contributed by atoms with Crippen LogP contribution in [0, 0.1) is 5.92 Å². The van der Waals surface area contributed by atoms with Crippen molar-refractivity contribution >= 4 is 15.9 Å². The van der Waals surface area contributed by atoms with Gasteiger partial charge in [0.05, 0.1) is 13.2 Å². The molecule has 0 aliphatic carbocycles. The Balaban J connectivity index is 2.35. The largest absolute Gasteiger partial charge is 0.382 e. The summed E-state index contributed by atoms with van der Waals surface area (Å²) in [6, 6.07) is 8.50. The van der Waals surface area contributed by atoms with E-state index in [9.17, 15) is 0 Å². The third-order valence-electron chi connectivity index (χ3n) is 3.48. The summed E-state index contributed by atoms with van der Waals surface area (Å²) in [6.45, 7) is 6.44. The summed E-state index contributed by atoms with van der Waals surface area (Å²) < 4.78 is 11.7. The SMILES string of the molecule is CCNCC(CCCOCCOC)Cc1ccccc1Br. The van der Waals surface area contributed by atoms with Crippen molar-refractivity contribution in [3.05, 3.63) is 34.3 Å². The molecule has 4 heteroatoms. The molecule has 0 aromatic heterocycles. The number of benzene rings is 1. The van der Waals surface area contributed by atoms with Gasteiger partial charge in [-0.05, 0) is 49.9 Å². The average molecular weight is 358 g/mol. The minimum atomic E-state index is 0.648. The highest BCUT2D eigenvalue weighted by Gasteiger charge is 2.11. The zero-order valence-corrected chi connectivity index (χ0v) is 14.8. The van der Waals surface area contributed by atoms with Gasteiger partial charge < -0.3 is 14.8 Å². The smallest absolute Gasteiger partial charge is 0.0700 e. The van der Waals surface area contributed by atoms with E-state index in [2.05, 4.69) is 52.4 Å². The monoisotopic (exact) mass is 357 g/mol. The van der Waals surface area contributed by atoms with Crippen molar-refractivity contribution < 1.29 is 9.47 Å². The van der Waals surface area contributed by atoms with Gasteiger partial charge in [0.2, 0.25) is 0 Å². The van der Waals surface area contributed by atoms with Crippen LogP contribution in [0.1, 0.15) is 25.3 Å². The number of rotatable bonds is 12. The van der Waals surface area contributed by atoms with Crippen molar-refractivity contribution in [2.45, 2.75) is 26.2 Å². The van der Waals surface area contributed by atoms with Crippen molar-refractivity contribution in [3.8, 4) is 0 Å². The molecule has 1 aromatic carbocycles. The van der Waals surface area contributed by atoms with Crippen LogP contribution in [0.25, 0.3) is 0 Å². The van der Waals surface area contributed by atoms with Crippen LogP contribution in [0.3, 0.4) is 0 Å². The molecular formula is C17H28BrNO2. The van der Waals surface area contributed by atoms with Crippen molar-refractivity contribution in [3.63, 3.8) is 0 Å². The Morgan fingerprint density at radius 3 is 2.71 bits per heavy atom. The molecule has 3 nitrogen and oxygen atoms in total. The van der Waals surface area contributed by atoms with Crippen LogP contribution in [-0.2, 0) is 15.9 Å². The Hall–Kier alpha value is -0.420. The molecule has 0 amide bonds. The summed E-state index contributed by atoms with van der Waals surface area (Å²) in [7, 11) is 1.70. The van der Waals surface area contributed by atoms with E-state index in [0.29, 0.717) is 19.1 Å². The highest BCUT2D eigenvalue weighted by molar-refractivity contribution is 9.10. The molecule has 0 saturated heterocycles. The molecule has 120 valence electrons. The molecule has 1 N–H and O–H groups in total. The highest BCUT2D eigenvalue weighted by Crippen LogP contribution is 2.21. The normalized spacial score (nSPS) is 12.5. The fourth-order valence-electron chi connectivity index (χ4n) is 2.32. The molecular weight excluding hydrogens is 330 g/mol. The molecule has 1 atom stereocenters. The first-order valence-electron chi connectivity index (χ1n) is 7.78. The molecule has 0 spiro atoms. The van der Waals surface area contributed by atoms with Crippen molar-refractivity contribution in [2.75, 3.05) is 40.0 Å². The Labute approximate surface area is 137 Å². The Bertz CT molecular complexity index is 374. The predicted molar refractivity (Wildman–Crippen MR) is 91.8 cm³/mol. The van der Waals surface area contributed by atoms with E-state index in [1.54, 1.807) is 7.11 Å². The number of halogens is 1. The Kier molecular flexibility index (Phi) is 10.8. The number of hydrogen-bond donors (Lipinski definition) is 1. The van der Waals surface area contributed by atoms with Crippen molar-refractivity contribution in [2.24, 2.45) is 5.92 Å². The van der Waals surface area contributed by atoms with Crippen LogP contribution in [0.15, 0.2) is 28.7 Å². The number of ether oxygens (including phenoxy) is 2. The van der Waals surface area contributed by atoms with Crippen molar-refractivity contribution in [1.82, 2.24) is 5.32 Å². The van der Waals surface area contributed by atoms with Gasteiger partial charge in [0, 0.05) is 18.2 Å². The van der Waals surface area contributed by atoms with Gasteiger partial charge in [-0.25, -0.2) is 0 Å². The van der Waals surface area contributed by atoms with E-state index >= 15 is 0 Å². The molecule has 0 heterocycles. The second-order valence-electron chi connectivity index (χ2n) is 5.22. The lowest BCUT2D eigenvalue weighted by Crippen LogP contribution is -2.24. The molecule has 0 aliphatic rings. The van der Waals surface area contributed by atoms with Gasteiger partial charge in [0.1, 0.15) is 0 Å². The van der Waals surface area contributed by atoms with Crippen LogP contribution in [0.2, 0.25) is 0 Å². The number of hydrogen-bond acceptors (Lipinski definition) is 3. The standard InChI is InChI=1S/C17H28BrNO2/c1-3-19-14-15(7-6-10-21-12-11-20-2)13-16-8-4-5-9-17(16)18/h4-5,8-9,15,19H,3,6-7,10-14H2,1-2H3. The van der Waals surface area contributed by atoms with Crippen LogP contribution in [-0.4, -0.2) is 40.0 Å². The lowest BCUT2D eigenvalue weighted by Gasteiger charge is -2.18. The molecule has 1 aromatic rings. The molecule has 0 aliphatic heterocycles. The molecule has 0 bridgehead atoms. The first-order valence-corrected chi connectivity index (χ1v) is 8.58. The summed E-state index contributed by atoms with van der Waals surface area (Å²) in [5, 5.41) is 3.47. The second-order valence-corrected chi connectivity index (χ2v) is 6.07. The lowest BCUT2D eigenvalue weighted by molar-refractivity contribution is 0.0672. The van der Waals surface area contributed by atoms with E-state index in [-0.39, 0.29) is 0 Å². The number of methoxy groups -OCH3 is 1. The molecule has 1 rings (SSSR count). The fourth-order valence-corrected chi connectivity index (χ4v) is 2.76. The zero-order valence-electron chi connectivity index (χ0n) is 13.2. The molecule has 21 heavy (non-hydrogen) atoms. The third-order valence-corrected chi connectivity index (χ3v) is 4.26. The fraction of sp³-hybridized carbons (Fsp3) is 0.647. The van der Waals surface area contributed by atoms with E-state index in [1.165, 1.54) is 16.5 Å². The van der Waals surface area contributed by atoms with E-state index in [0.717, 1.165) is 32.5 Å². The molecule has 0 radical (unpaired) electrons. The molecule has 1 unspecified atom stereocenters. The van der Waals surface area contributed by atoms with E-state index in [4.69, 9.17) is 9.47 Å². The maximum Gasteiger partial charge on any atom is 0.0700 e. The summed E-state index contributed by atoms with van der Waals surface area (Å²) in [5.74, 6) is 0.648. The quantitative estimate of drug-likeness (QED) is 0.579. The van der Waals surface area contributed by atoms with Gasteiger partial charge in [0.25, 0.3) is 0 Å². The summed E-state index contributed by atoms with van der Waals surface area (Å²) >= 11 is 3.64. The minimum absolute atomic E-state index is 0.648. The topological polar surface area (TPSA) is 30.5 Å². The summed E-state index contributed by atoms with van der Waals surface area (Å²) in [5.41, 5.74) is 1.39. The van der Waals surface area contributed by atoms with Gasteiger partial charge in [-0.15, -0.1) is 0 Å². The average Bonchev–Trinajstić information content (AvgIpc) is 2.50. The summed E-state index contributed by atoms with van der Waals surface area (Å²) in [4.78, 5) is 0. The molecule has 0 saturated carbocycles. The third kappa shape index (κ3) is 8.57. The van der Waals surface area contributed by atoms with Crippen LogP contribution in [0.5, 0.6) is 0 Å². The summed E-state index contributed by atoms with van der Waals surface area (Å²) in [6.07, 6.45) is 3.39. The van der Waals surface area contributed by atoms with Gasteiger partial charge in [-0.3, -0.25) is 0 Å². The van der Waals surface area contributed by atoms with E-state index < -0.39 is 0 Å². The Morgan fingerprint density at radius 1 is 1.19 bits per heavy atom. The van der Waals surface area contributed by atoms with Crippen LogP contribution < -0.4 is 5.32 Å².